The third-order valence-electron chi connectivity index (χ3n) is 4.16. The van der Waals surface area contributed by atoms with Crippen LogP contribution >= 0.6 is 11.8 Å². The average Bonchev–Trinajstić information content (AvgIpc) is 3.01. The van der Waals surface area contributed by atoms with E-state index in [2.05, 4.69) is 46.4 Å². The maximum absolute atomic E-state index is 12.4. The molecule has 0 spiro atoms. The Morgan fingerprint density at radius 2 is 2.04 bits per heavy atom. The van der Waals surface area contributed by atoms with E-state index in [4.69, 9.17) is 0 Å². The van der Waals surface area contributed by atoms with E-state index in [0.29, 0.717) is 10.9 Å². The van der Waals surface area contributed by atoms with Crippen LogP contribution in [-0.2, 0) is 17.3 Å². The van der Waals surface area contributed by atoms with Gasteiger partial charge in [-0.15, -0.1) is 5.10 Å². The predicted molar refractivity (Wildman–Crippen MR) is 90.5 cm³/mol. The molecule has 0 saturated heterocycles. The second-order valence-corrected chi connectivity index (χ2v) is 7.01. The number of hydrogen-bond donors (Lipinski definition) is 0. The standard InChI is InChI=1S/C16H19N5OS/c1-16(2)12-7-5-6-8-13(12)20(3)14(16)9-11(22)10-23-15-17-18-19-21(15)4/h5-9H,10H2,1-4H3/b14-9+. The Labute approximate surface area is 139 Å². The molecule has 0 bridgehead atoms. The van der Waals surface area contributed by atoms with Crippen LogP contribution in [-0.4, -0.2) is 38.8 Å². The van der Waals surface area contributed by atoms with Crippen molar-refractivity contribution >= 4 is 23.2 Å². The maximum atomic E-state index is 12.4. The van der Waals surface area contributed by atoms with Crippen molar-refractivity contribution in [3.05, 3.63) is 41.6 Å². The zero-order valence-electron chi connectivity index (χ0n) is 13.6. The third kappa shape index (κ3) is 2.76. The van der Waals surface area contributed by atoms with Gasteiger partial charge < -0.3 is 4.90 Å². The SMILES string of the molecule is CN1/C(=C/C(=O)CSc2nnnn2C)C(C)(C)c2ccccc21. The molecular formula is C16H19N5OS. The Bertz CT molecular complexity index is 780. The number of nitrogens with zero attached hydrogens (tertiary/aromatic N) is 5. The van der Waals surface area contributed by atoms with Crippen LogP contribution in [0.1, 0.15) is 19.4 Å². The van der Waals surface area contributed by atoms with E-state index in [1.54, 1.807) is 17.8 Å². The first-order valence-corrected chi connectivity index (χ1v) is 8.33. The summed E-state index contributed by atoms with van der Waals surface area (Å²) in [6.45, 7) is 4.29. The number of ketones is 1. The highest BCUT2D eigenvalue weighted by Crippen LogP contribution is 2.46. The molecular weight excluding hydrogens is 310 g/mol. The van der Waals surface area contributed by atoms with Gasteiger partial charge in [0, 0.05) is 37.0 Å². The normalized spacial score (nSPS) is 17.6. The first-order chi connectivity index (χ1) is 10.9. The number of fused-ring (bicyclic) bond motifs is 1. The molecule has 0 radical (unpaired) electrons. The van der Waals surface area contributed by atoms with E-state index < -0.39 is 0 Å². The number of aryl methyl sites for hydroxylation is 1. The van der Waals surface area contributed by atoms with Gasteiger partial charge in [-0.3, -0.25) is 4.79 Å². The van der Waals surface area contributed by atoms with Crippen LogP contribution < -0.4 is 4.90 Å². The van der Waals surface area contributed by atoms with Crippen molar-refractivity contribution in [1.29, 1.82) is 0 Å². The lowest BCUT2D eigenvalue weighted by molar-refractivity contribution is -0.112. The van der Waals surface area contributed by atoms with Crippen molar-refractivity contribution in [1.82, 2.24) is 20.2 Å². The third-order valence-corrected chi connectivity index (χ3v) is 5.20. The van der Waals surface area contributed by atoms with Crippen LogP contribution in [0.15, 0.2) is 41.2 Å². The predicted octanol–water partition coefficient (Wildman–Crippen LogP) is 2.18. The van der Waals surface area contributed by atoms with E-state index in [0.717, 1.165) is 11.4 Å². The molecule has 0 fully saturated rings. The number of hydrogen-bond acceptors (Lipinski definition) is 6. The first kappa shape index (κ1) is 15.7. The quantitative estimate of drug-likeness (QED) is 0.633. The zero-order chi connectivity index (χ0) is 16.6. The van der Waals surface area contributed by atoms with Crippen molar-refractivity contribution in [3.63, 3.8) is 0 Å². The number of benzene rings is 1. The Hall–Kier alpha value is -2.15. The van der Waals surface area contributed by atoms with Crippen molar-refractivity contribution < 1.29 is 4.79 Å². The van der Waals surface area contributed by atoms with Crippen molar-refractivity contribution in [2.45, 2.75) is 24.4 Å². The van der Waals surface area contributed by atoms with E-state index in [9.17, 15) is 4.79 Å². The number of allylic oxidation sites excluding steroid dienone is 2. The van der Waals surface area contributed by atoms with Gasteiger partial charge in [0.15, 0.2) is 5.78 Å². The number of rotatable bonds is 4. The zero-order valence-corrected chi connectivity index (χ0v) is 14.5. The Kier molecular flexibility index (Phi) is 3.97. The van der Waals surface area contributed by atoms with Crippen molar-refractivity contribution in [2.75, 3.05) is 17.7 Å². The largest absolute Gasteiger partial charge is 0.347 e. The van der Waals surface area contributed by atoms with Crippen LogP contribution in [0, 0.1) is 0 Å². The Morgan fingerprint density at radius 3 is 2.70 bits per heavy atom. The number of carbonyl (C=O) groups is 1. The highest BCUT2D eigenvalue weighted by molar-refractivity contribution is 7.99. The number of anilines is 1. The number of carbonyl (C=O) groups excluding carboxylic acids is 1. The summed E-state index contributed by atoms with van der Waals surface area (Å²) in [6, 6.07) is 8.27. The molecule has 1 aliphatic rings. The number of thioether (sulfide) groups is 1. The second kappa shape index (κ2) is 5.81. The van der Waals surface area contributed by atoms with Gasteiger partial charge in [-0.1, -0.05) is 43.8 Å². The maximum Gasteiger partial charge on any atom is 0.209 e. The summed E-state index contributed by atoms with van der Waals surface area (Å²) in [6.07, 6.45) is 1.75. The number of likely N-dealkylation sites (N-methyl/N-ethyl adjacent to an activating group) is 1. The summed E-state index contributed by atoms with van der Waals surface area (Å²) in [5, 5.41) is 11.8. The van der Waals surface area contributed by atoms with Crippen LogP contribution in [0.2, 0.25) is 0 Å². The molecule has 0 amide bonds. The van der Waals surface area contributed by atoms with Gasteiger partial charge in [0.25, 0.3) is 0 Å². The molecule has 120 valence electrons. The minimum absolute atomic E-state index is 0.0562. The lowest BCUT2D eigenvalue weighted by Gasteiger charge is -2.23. The number of para-hydroxylation sites is 1. The minimum atomic E-state index is -0.183. The topological polar surface area (TPSA) is 63.9 Å². The van der Waals surface area contributed by atoms with E-state index in [1.807, 2.05) is 19.2 Å². The molecule has 2 aromatic rings. The van der Waals surface area contributed by atoms with Crippen molar-refractivity contribution in [3.8, 4) is 0 Å². The van der Waals surface area contributed by atoms with Crippen molar-refractivity contribution in [2.24, 2.45) is 7.05 Å². The average molecular weight is 329 g/mol. The highest BCUT2D eigenvalue weighted by Gasteiger charge is 2.38. The Morgan fingerprint density at radius 1 is 1.30 bits per heavy atom. The van der Waals surface area contributed by atoms with Gasteiger partial charge >= 0.3 is 0 Å². The fourth-order valence-electron chi connectivity index (χ4n) is 2.93. The summed E-state index contributed by atoms with van der Waals surface area (Å²) in [5.74, 6) is 0.374. The van der Waals surface area contributed by atoms with E-state index in [1.165, 1.54) is 17.3 Å². The molecule has 0 saturated carbocycles. The van der Waals surface area contributed by atoms with Crippen LogP contribution in [0.4, 0.5) is 5.69 Å². The smallest absolute Gasteiger partial charge is 0.209 e. The summed E-state index contributed by atoms with van der Waals surface area (Å²) in [4.78, 5) is 14.5. The minimum Gasteiger partial charge on any atom is -0.347 e. The molecule has 7 heteroatoms. The Balaban J connectivity index is 1.80. The summed E-state index contributed by atoms with van der Waals surface area (Å²) in [7, 11) is 3.77. The summed E-state index contributed by atoms with van der Waals surface area (Å²) < 4.78 is 1.56. The second-order valence-electron chi connectivity index (χ2n) is 6.07. The van der Waals surface area contributed by atoms with Gasteiger partial charge in [-0.05, 0) is 22.1 Å². The lowest BCUT2D eigenvalue weighted by atomic mass is 9.83. The van der Waals surface area contributed by atoms with Gasteiger partial charge in [0.1, 0.15) is 0 Å². The van der Waals surface area contributed by atoms with E-state index >= 15 is 0 Å². The first-order valence-electron chi connectivity index (χ1n) is 7.34. The van der Waals surface area contributed by atoms with E-state index in [-0.39, 0.29) is 11.2 Å². The van der Waals surface area contributed by atoms with Crippen LogP contribution in [0.3, 0.4) is 0 Å². The lowest BCUT2D eigenvalue weighted by Crippen LogP contribution is -2.24. The molecule has 0 unspecified atom stereocenters. The van der Waals surface area contributed by atoms with Gasteiger partial charge in [-0.2, -0.15) is 0 Å². The van der Waals surface area contributed by atoms with Gasteiger partial charge in [-0.25, -0.2) is 4.68 Å². The van der Waals surface area contributed by atoms with Crippen LogP contribution in [0.5, 0.6) is 0 Å². The van der Waals surface area contributed by atoms with Crippen LogP contribution in [0.25, 0.3) is 0 Å². The number of tetrazole rings is 1. The monoisotopic (exact) mass is 329 g/mol. The molecule has 6 nitrogen and oxygen atoms in total. The molecule has 1 aromatic heterocycles. The summed E-state index contributed by atoms with van der Waals surface area (Å²) in [5.41, 5.74) is 3.23. The molecule has 3 rings (SSSR count). The molecule has 23 heavy (non-hydrogen) atoms. The molecule has 2 heterocycles. The molecule has 1 aromatic carbocycles. The highest BCUT2D eigenvalue weighted by atomic mass is 32.2. The molecule has 0 aliphatic carbocycles. The van der Waals surface area contributed by atoms with Gasteiger partial charge in [0.2, 0.25) is 5.16 Å². The number of aromatic nitrogens is 4. The molecule has 0 atom stereocenters. The fraction of sp³-hybridized carbons (Fsp3) is 0.375. The van der Waals surface area contributed by atoms with Gasteiger partial charge in [0.05, 0.1) is 5.75 Å². The molecule has 1 aliphatic heterocycles. The summed E-state index contributed by atoms with van der Waals surface area (Å²) >= 11 is 1.34. The fourth-order valence-corrected chi connectivity index (χ4v) is 3.60. The molecule has 0 N–H and O–H groups in total.